The normalized spacial score (nSPS) is 15.4. The Hall–Kier alpha value is -0.120. The maximum atomic E-state index is 9.81. The maximum absolute atomic E-state index is 9.81. The average Bonchev–Trinajstić information content (AvgIpc) is 2.09. The second-order valence-electron chi connectivity index (χ2n) is 6.65. The second-order valence-corrected chi connectivity index (χ2v) is 6.65. The molecule has 0 bridgehead atoms. The van der Waals surface area contributed by atoms with E-state index >= 15 is 0 Å². The van der Waals surface area contributed by atoms with Crippen LogP contribution >= 0.6 is 0 Å². The molecule has 1 unspecified atom stereocenters. The standard InChI is InChI=1S/C14H32N2O/c1-8-9-15-12(2)13(3,4)10-16(7)11-14(5,6)17/h12,15,17H,8-11H2,1-7H3. The molecular weight excluding hydrogens is 212 g/mol. The summed E-state index contributed by atoms with van der Waals surface area (Å²) in [5.74, 6) is 0. The highest BCUT2D eigenvalue weighted by molar-refractivity contribution is 4.84. The number of hydrogen-bond acceptors (Lipinski definition) is 3. The molecule has 0 aromatic carbocycles. The largest absolute Gasteiger partial charge is 0.389 e. The molecule has 0 aliphatic rings. The van der Waals surface area contributed by atoms with E-state index in [1.807, 2.05) is 13.8 Å². The highest BCUT2D eigenvalue weighted by atomic mass is 16.3. The molecule has 1 atom stereocenters. The van der Waals surface area contributed by atoms with Crippen LogP contribution in [-0.2, 0) is 0 Å². The molecule has 0 aromatic heterocycles. The van der Waals surface area contributed by atoms with Crippen molar-refractivity contribution in [1.29, 1.82) is 0 Å². The van der Waals surface area contributed by atoms with Crippen molar-refractivity contribution in [2.24, 2.45) is 5.41 Å². The van der Waals surface area contributed by atoms with Crippen LogP contribution in [0.15, 0.2) is 0 Å². The molecule has 17 heavy (non-hydrogen) atoms. The van der Waals surface area contributed by atoms with Crippen LogP contribution in [0, 0.1) is 5.41 Å². The smallest absolute Gasteiger partial charge is 0.0718 e. The third-order valence-corrected chi connectivity index (χ3v) is 3.21. The van der Waals surface area contributed by atoms with E-state index in [0.29, 0.717) is 12.6 Å². The van der Waals surface area contributed by atoms with E-state index in [1.54, 1.807) is 0 Å². The maximum Gasteiger partial charge on any atom is 0.0718 e. The van der Waals surface area contributed by atoms with Crippen LogP contribution in [0.25, 0.3) is 0 Å². The summed E-state index contributed by atoms with van der Waals surface area (Å²) >= 11 is 0. The summed E-state index contributed by atoms with van der Waals surface area (Å²) in [4.78, 5) is 2.21. The first-order valence-corrected chi connectivity index (χ1v) is 6.73. The van der Waals surface area contributed by atoms with Crippen LogP contribution < -0.4 is 5.32 Å². The van der Waals surface area contributed by atoms with E-state index in [1.165, 1.54) is 6.42 Å². The van der Waals surface area contributed by atoms with Crippen LogP contribution in [0.1, 0.15) is 48.0 Å². The van der Waals surface area contributed by atoms with Crippen LogP contribution in [-0.4, -0.2) is 48.3 Å². The van der Waals surface area contributed by atoms with E-state index in [4.69, 9.17) is 0 Å². The highest BCUT2D eigenvalue weighted by Gasteiger charge is 2.28. The van der Waals surface area contributed by atoms with Crippen molar-refractivity contribution in [3.05, 3.63) is 0 Å². The van der Waals surface area contributed by atoms with Gasteiger partial charge in [0.2, 0.25) is 0 Å². The monoisotopic (exact) mass is 244 g/mol. The van der Waals surface area contributed by atoms with E-state index in [-0.39, 0.29) is 5.41 Å². The van der Waals surface area contributed by atoms with Gasteiger partial charge in [-0.3, -0.25) is 0 Å². The van der Waals surface area contributed by atoms with Crippen molar-refractivity contribution >= 4 is 0 Å². The lowest BCUT2D eigenvalue weighted by Crippen LogP contribution is -2.48. The fourth-order valence-electron chi connectivity index (χ4n) is 2.19. The molecule has 0 heterocycles. The zero-order chi connectivity index (χ0) is 13.7. The van der Waals surface area contributed by atoms with E-state index in [9.17, 15) is 5.11 Å². The lowest BCUT2D eigenvalue weighted by molar-refractivity contribution is 0.0301. The van der Waals surface area contributed by atoms with E-state index < -0.39 is 5.60 Å². The Kier molecular flexibility index (Phi) is 6.67. The van der Waals surface area contributed by atoms with Gasteiger partial charge in [-0.15, -0.1) is 0 Å². The minimum Gasteiger partial charge on any atom is -0.389 e. The number of likely N-dealkylation sites (N-methyl/N-ethyl adjacent to an activating group) is 1. The highest BCUT2D eigenvalue weighted by Crippen LogP contribution is 2.22. The molecule has 2 N–H and O–H groups in total. The summed E-state index contributed by atoms with van der Waals surface area (Å²) in [6.07, 6.45) is 1.17. The first-order chi connectivity index (χ1) is 7.58. The van der Waals surface area contributed by atoms with Gasteiger partial charge < -0.3 is 15.3 Å². The fraction of sp³-hybridized carbons (Fsp3) is 1.00. The second kappa shape index (κ2) is 6.72. The topological polar surface area (TPSA) is 35.5 Å². The SMILES string of the molecule is CCCNC(C)C(C)(C)CN(C)CC(C)(C)O. The van der Waals surface area contributed by atoms with Gasteiger partial charge in [-0.1, -0.05) is 20.8 Å². The third kappa shape index (κ3) is 7.74. The lowest BCUT2D eigenvalue weighted by atomic mass is 9.84. The molecule has 3 nitrogen and oxygen atoms in total. The fourth-order valence-corrected chi connectivity index (χ4v) is 2.19. The van der Waals surface area contributed by atoms with Crippen LogP contribution in [0.3, 0.4) is 0 Å². The van der Waals surface area contributed by atoms with Gasteiger partial charge in [0.15, 0.2) is 0 Å². The Balaban J connectivity index is 4.23. The zero-order valence-electron chi connectivity index (χ0n) is 12.8. The van der Waals surface area contributed by atoms with Crippen molar-refractivity contribution in [2.75, 3.05) is 26.7 Å². The van der Waals surface area contributed by atoms with E-state index in [0.717, 1.165) is 13.1 Å². The minimum atomic E-state index is -0.620. The Bertz CT molecular complexity index is 209. The van der Waals surface area contributed by atoms with Gasteiger partial charge in [0.1, 0.15) is 0 Å². The van der Waals surface area contributed by atoms with Gasteiger partial charge >= 0.3 is 0 Å². The molecule has 0 rings (SSSR count). The third-order valence-electron chi connectivity index (χ3n) is 3.21. The summed E-state index contributed by atoms with van der Waals surface area (Å²) in [7, 11) is 2.08. The first kappa shape index (κ1) is 16.9. The molecule has 104 valence electrons. The Morgan fingerprint density at radius 2 is 1.71 bits per heavy atom. The molecule has 0 saturated heterocycles. The number of nitrogens with zero attached hydrogens (tertiary/aromatic N) is 1. The Morgan fingerprint density at radius 1 is 1.18 bits per heavy atom. The summed E-state index contributed by atoms with van der Waals surface area (Å²) < 4.78 is 0. The minimum absolute atomic E-state index is 0.204. The number of nitrogens with one attached hydrogen (secondary N) is 1. The van der Waals surface area contributed by atoms with Crippen LogP contribution in [0.5, 0.6) is 0 Å². The molecule has 0 aromatic rings. The zero-order valence-corrected chi connectivity index (χ0v) is 12.8. The van der Waals surface area contributed by atoms with Crippen LogP contribution in [0.4, 0.5) is 0 Å². The molecule has 0 radical (unpaired) electrons. The summed E-state index contributed by atoms with van der Waals surface area (Å²) in [6, 6.07) is 0.478. The van der Waals surface area contributed by atoms with Crippen molar-refractivity contribution in [2.45, 2.75) is 59.6 Å². The van der Waals surface area contributed by atoms with E-state index in [2.05, 4.69) is 45.0 Å². The van der Waals surface area contributed by atoms with Gasteiger partial charge in [-0.2, -0.15) is 0 Å². The lowest BCUT2D eigenvalue weighted by Gasteiger charge is -2.37. The number of aliphatic hydroxyl groups is 1. The predicted molar refractivity (Wildman–Crippen MR) is 75.3 cm³/mol. The van der Waals surface area contributed by atoms with Crippen molar-refractivity contribution in [1.82, 2.24) is 10.2 Å². The number of hydrogen-bond donors (Lipinski definition) is 2. The molecule has 3 heteroatoms. The van der Waals surface area contributed by atoms with Gasteiger partial charge in [0, 0.05) is 19.1 Å². The summed E-state index contributed by atoms with van der Waals surface area (Å²) in [5.41, 5.74) is -0.417. The molecular formula is C14H32N2O. The van der Waals surface area contributed by atoms with Gasteiger partial charge in [-0.25, -0.2) is 0 Å². The molecule has 0 spiro atoms. The quantitative estimate of drug-likeness (QED) is 0.686. The van der Waals surface area contributed by atoms with Crippen molar-refractivity contribution in [3.63, 3.8) is 0 Å². The first-order valence-electron chi connectivity index (χ1n) is 6.73. The summed E-state index contributed by atoms with van der Waals surface area (Å²) in [5, 5.41) is 13.4. The Labute approximate surface area is 108 Å². The number of rotatable bonds is 8. The molecule has 0 amide bonds. The summed E-state index contributed by atoms with van der Waals surface area (Å²) in [6.45, 7) is 15.5. The predicted octanol–water partition coefficient (Wildman–Crippen LogP) is 2.10. The van der Waals surface area contributed by atoms with Crippen molar-refractivity contribution in [3.8, 4) is 0 Å². The molecule has 0 aliphatic heterocycles. The Morgan fingerprint density at radius 3 is 2.12 bits per heavy atom. The van der Waals surface area contributed by atoms with Gasteiger partial charge in [0.05, 0.1) is 5.60 Å². The van der Waals surface area contributed by atoms with Crippen molar-refractivity contribution < 1.29 is 5.11 Å². The van der Waals surface area contributed by atoms with Crippen LogP contribution in [0.2, 0.25) is 0 Å². The molecule has 0 fully saturated rings. The molecule has 0 saturated carbocycles. The average molecular weight is 244 g/mol. The molecule has 0 aliphatic carbocycles. The van der Waals surface area contributed by atoms with Gasteiger partial charge in [-0.05, 0) is 46.2 Å². The van der Waals surface area contributed by atoms with Gasteiger partial charge in [0.25, 0.3) is 0 Å².